The quantitative estimate of drug-likeness (QED) is 0.299. The van der Waals surface area contributed by atoms with Crippen molar-refractivity contribution in [1.29, 1.82) is 0 Å². The van der Waals surface area contributed by atoms with E-state index in [0.717, 1.165) is 16.0 Å². The molecule has 0 aliphatic heterocycles. The topological polar surface area (TPSA) is 119 Å². The van der Waals surface area contributed by atoms with Gasteiger partial charge in [-0.25, -0.2) is 0 Å². The number of nitrogens with zero attached hydrogens (tertiary/aromatic N) is 4. The molecular formula is C24H22N6O3S. The largest absolute Gasteiger partial charge is 0.293 e. The summed E-state index contributed by atoms with van der Waals surface area (Å²) in [5.41, 5.74) is 6.87. The zero-order valence-electron chi connectivity index (χ0n) is 18.4. The Morgan fingerprint density at radius 3 is 2.38 bits per heavy atom. The number of tetrazole rings is 1. The van der Waals surface area contributed by atoms with Crippen LogP contribution in [-0.2, 0) is 11.3 Å². The molecule has 0 aliphatic rings. The van der Waals surface area contributed by atoms with E-state index in [9.17, 15) is 14.4 Å². The average molecular weight is 475 g/mol. The first kappa shape index (κ1) is 23.0. The van der Waals surface area contributed by atoms with E-state index in [1.54, 1.807) is 30.3 Å². The predicted octanol–water partition coefficient (Wildman–Crippen LogP) is 3.18. The molecule has 0 aliphatic carbocycles. The summed E-state index contributed by atoms with van der Waals surface area (Å²) in [6.07, 6.45) is 0.0730. The van der Waals surface area contributed by atoms with Gasteiger partial charge in [0.15, 0.2) is 5.78 Å². The number of thiophene rings is 1. The lowest BCUT2D eigenvalue weighted by Crippen LogP contribution is -2.41. The summed E-state index contributed by atoms with van der Waals surface area (Å²) in [5, 5.41) is 12.5. The highest BCUT2D eigenvalue weighted by Gasteiger charge is 2.13. The van der Waals surface area contributed by atoms with E-state index >= 15 is 0 Å². The van der Waals surface area contributed by atoms with E-state index in [1.165, 1.54) is 16.1 Å². The van der Waals surface area contributed by atoms with Crippen LogP contribution in [-0.4, -0.2) is 37.8 Å². The number of nitrogens with one attached hydrogen (secondary N) is 2. The minimum absolute atomic E-state index is 0.00905. The van der Waals surface area contributed by atoms with Crippen LogP contribution in [0.5, 0.6) is 0 Å². The number of hydrazine groups is 1. The monoisotopic (exact) mass is 474 g/mol. The van der Waals surface area contributed by atoms with Crippen LogP contribution in [0.3, 0.4) is 0 Å². The molecule has 2 N–H and O–H groups in total. The minimum atomic E-state index is -0.453. The lowest BCUT2D eigenvalue weighted by atomic mass is 10.1. The van der Waals surface area contributed by atoms with Gasteiger partial charge >= 0.3 is 0 Å². The number of carbonyl (C=O) groups is 3. The zero-order valence-corrected chi connectivity index (χ0v) is 19.2. The van der Waals surface area contributed by atoms with Crippen molar-refractivity contribution < 1.29 is 14.4 Å². The maximum Gasteiger partial charge on any atom is 0.269 e. The van der Waals surface area contributed by atoms with Crippen LogP contribution >= 0.6 is 11.3 Å². The molecule has 2 aromatic heterocycles. The number of rotatable bonds is 8. The second kappa shape index (κ2) is 10.6. The van der Waals surface area contributed by atoms with Crippen molar-refractivity contribution in [2.45, 2.75) is 26.3 Å². The number of aromatic nitrogens is 4. The summed E-state index contributed by atoms with van der Waals surface area (Å²) in [6, 6.07) is 20.1. The minimum Gasteiger partial charge on any atom is -0.293 e. The Balaban J connectivity index is 1.24. The third-order valence-electron chi connectivity index (χ3n) is 4.93. The van der Waals surface area contributed by atoms with Gasteiger partial charge in [-0.2, -0.15) is 4.80 Å². The maximum absolute atomic E-state index is 12.3. The maximum atomic E-state index is 12.3. The molecule has 0 saturated heterocycles. The second-order valence-electron chi connectivity index (χ2n) is 7.54. The van der Waals surface area contributed by atoms with Crippen molar-refractivity contribution in [2.24, 2.45) is 0 Å². The highest BCUT2D eigenvalue weighted by Crippen LogP contribution is 2.17. The fourth-order valence-electron chi connectivity index (χ4n) is 3.13. The van der Waals surface area contributed by atoms with Crippen molar-refractivity contribution in [3.63, 3.8) is 0 Å². The standard InChI is InChI=1S/C24H22N6O3S/c1-16-7-13-21(34-16)20(31)12-14-22(32)25-27-24(33)19-10-8-17(9-11-19)15-30-28-23(26-29-30)18-5-3-2-4-6-18/h2-11,13H,12,14-15H2,1H3,(H,25,32)(H,27,33). The molecule has 172 valence electrons. The molecule has 0 spiro atoms. The van der Waals surface area contributed by atoms with Crippen LogP contribution in [0.4, 0.5) is 0 Å². The van der Waals surface area contributed by atoms with Crippen LogP contribution in [0.1, 0.15) is 43.3 Å². The van der Waals surface area contributed by atoms with Crippen molar-refractivity contribution >= 4 is 28.9 Å². The Labute approximate surface area is 199 Å². The Hall–Kier alpha value is -4.18. The Kier molecular flexibility index (Phi) is 7.19. The van der Waals surface area contributed by atoms with E-state index in [1.807, 2.05) is 43.3 Å². The molecule has 4 aromatic rings. The number of carbonyl (C=O) groups excluding carboxylic acids is 3. The summed E-state index contributed by atoms with van der Waals surface area (Å²) in [6.45, 7) is 2.32. The van der Waals surface area contributed by atoms with Crippen LogP contribution in [0.15, 0.2) is 66.7 Å². The smallest absolute Gasteiger partial charge is 0.269 e. The van der Waals surface area contributed by atoms with Gasteiger partial charge in [0.05, 0.1) is 11.4 Å². The number of benzene rings is 2. The molecule has 0 unspecified atom stereocenters. The predicted molar refractivity (Wildman–Crippen MR) is 127 cm³/mol. The number of Topliss-reactive ketones (excluding diaryl/α,β-unsaturated/α-hetero) is 1. The van der Waals surface area contributed by atoms with Gasteiger partial charge in [-0.05, 0) is 42.0 Å². The van der Waals surface area contributed by atoms with Crippen LogP contribution in [0, 0.1) is 6.92 Å². The van der Waals surface area contributed by atoms with Crippen molar-refractivity contribution in [1.82, 2.24) is 31.1 Å². The average Bonchev–Trinajstić information content (AvgIpc) is 3.51. The fourth-order valence-corrected chi connectivity index (χ4v) is 3.97. The van der Waals surface area contributed by atoms with Crippen molar-refractivity contribution in [2.75, 3.05) is 0 Å². The molecule has 4 rings (SSSR count). The normalized spacial score (nSPS) is 10.6. The molecule has 2 aromatic carbocycles. The molecule has 34 heavy (non-hydrogen) atoms. The summed E-state index contributed by atoms with van der Waals surface area (Å²) < 4.78 is 0. The van der Waals surface area contributed by atoms with Crippen molar-refractivity contribution in [3.05, 3.63) is 87.6 Å². The number of amides is 2. The first-order chi connectivity index (χ1) is 16.5. The van der Waals surface area contributed by atoms with Crippen LogP contribution < -0.4 is 10.9 Å². The summed E-state index contributed by atoms with van der Waals surface area (Å²) in [4.78, 5) is 39.5. The Morgan fingerprint density at radius 2 is 1.68 bits per heavy atom. The van der Waals surface area contributed by atoms with Crippen LogP contribution in [0.25, 0.3) is 11.4 Å². The first-order valence-corrected chi connectivity index (χ1v) is 11.4. The Bertz CT molecular complexity index is 1300. The molecule has 0 fully saturated rings. The van der Waals surface area contributed by atoms with Gasteiger partial charge in [0.1, 0.15) is 0 Å². The van der Waals surface area contributed by atoms with Crippen LogP contribution in [0.2, 0.25) is 0 Å². The number of hydrogen-bond acceptors (Lipinski definition) is 7. The highest BCUT2D eigenvalue weighted by atomic mass is 32.1. The van der Waals surface area contributed by atoms with E-state index < -0.39 is 11.8 Å². The van der Waals surface area contributed by atoms with E-state index in [-0.39, 0.29) is 18.6 Å². The van der Waals surface area contributed by atoms with Gasteiger partial charge in [-0.15, -0.1) is 21.5 Å². The van der Waals surface area contributed by atoms with Gasteiger partial charge < -0.3 is 0 Å². The highest BCUT2D eigenvalue weighted by molar-refractivity contribution is 7.14. The summed E-state index contributed by atoms with van der Waals surface area (Å²) >= 11 is 1.40. The third-order valence-corrected chi connectivity index (χ3v) is 5.98. The number of ketones is 1. The summed E-state index contributed by atoms with van der Waals surface area (Å²) in [7, 11) is 0. The zero-order chi connectivity index (χ0) is 23.9. The molecular weight excluding hydrogens is 452 g/mol. The molecule has 0 atom stereocenters. The fraction of sp³-hybridized carbons (Fsp3) is 0.167. The second-order valence-corrected chi connectivity index (χ2v) is 8.83. The van der Waals surface area contributed by atoms with Gasteiger partial charge in [-0.1, -0.05) is 42.5 Å². The van der Waals surface area contributed by atoms with Gasteiger partial charge in [-0.3, -0.25) is 25.2 Å². The third kappa shape index (κ3) is 5.99. The molecule has 2 heterocycles. The summed E-state index contributed by atoms with van der Waals surface area (Å²) in [5.74, 6) is -0.434. The first-order valence-electron chi connectivity index (χ1n) is 10.6. The van der Waals surface area contributed by atoms with E-state index in [4.69, 9.17) is 0 Å². The molecule has 0 radical (unpaired) electrons. The lowest BCUT2D eigenvalue weighted by Gasteiger charge is -2.08. The van der Waals surface area contributed by atoms with E-state index in [2.05, 4.69) is 26.3 Å². The van der Waals surface area contributed by atoms with Crippen molar-refractivity contribution in [3.8, 4) is 11.4 Å². The van der Waals surface area contributed by atoms with Gasteiger partial charge in [0.2, 0.25) is 11.7 Å². The molecule has 0 bridgehead atoms. The number of hydrogen-bond donors (Lipinski definition) is 2. The number of aryl methyl sites for hydroxylation is 1. The molecule has 0 saturated carbocycles. The van der Waals surface area contributed by atoms with Gasteiger partial charge in [0.25, 0.3) is 5.91 Å². The Morgan fingerprint density at radius 1 is 0.912 bits per heavy atom. The molecule has 10 heteroatoms. The lowest BCUT2D eigenvalue weighted by molar-refractivity contribution is -0.121. The molecule has 9 nitrogen and oxygen atoms in total. The molecule has 2 amide bonds. The van der Waals surface area contributed by atoms with Gasteiger partial charge in [0, 0.05) is 28.8 Å². The SMILES string of the molecule is Cc1ccc(C(=O)CCC(=O)NNC(=O)c2ccc(Cn3nnc(-c4ccccc4)n3)cc2)s1. The van der Waals surface area contributed by atoms with E-state index in [0.29, 0.717) is 22.8 Å².